The molecule has 1 unspecified atom stereocenters. The van der Waals surface area contributed by atoms with E-state index >= 15 is 0 Å². The molecule has 3 aliphatic rings. The smallest absolute Gasteiger partial charge is 0.244 e. The predicted octanol–water partition coefficient (Wildman–Crippen LogP) is 2.17. The third-order valence-electron chi connectivity index (χ3n) is 7.19. The quantitative estimate of drug-likeness (QED) is 0.615. The molecule has 1 amide bonds. The van der Waals surface area contributed by atoms with Gasteiger partial charge in [0.05, 0.1) is 18.8 Å². The second-order valence-corrected chi connectivity index (χ2v) is 11.7. The highest BCUT2D eigenvalue weighted by Crippen LogP contribution is 2.48. The van der Waals surface area contributed by atoms with E-state index < -0.39 is 10.0 Å². The van der Waals surface area contributed by atoms with Gasteiger partial charge in [-0.3, -0.25) is 9.69 Å². The summed E-state index contributed by atoms with van der Waals surface area (Å²) in [5, 5.41) is 7.02. The van der Waals surface area contributed by atoms with Crippen LogP contribution in [-0.4, -0.2) is 72.7 Å². The van der Waals surface area contributed by atoms with Crippen molar-refractivity contribution in [3.8, 4) is 0 Å². The topological polar surface area (TPSA) is 109 Å². The molecule has 0 bridgehead atoms. The molecule has 4 rings (SSSR count). The first-order valence-electron chi connectivity index (χ1n) is 11.7. The van der Waals surface area contributed by atoms with Crippen LogP contribution in [0, 0.1) is 12.3 Å². The number of amides is 1. The van der Waals surface area contributed by atoms with Crippen LogP contribution < -0.4 is 5.32 Å². The number of likely N-dealkylation sites (tertiary alicyclic amines) is 1. The molecule has 2 aliphatic heterocycles. The normalized spacial score (nSPS) is 24.6. The molecule has 2 saturated heterocycles. The van der Waals surface area contributed by atoms with Gasteiger partial charge < -0.3 is 9.84 Å². The van der Waals surface area contributed by atoms with Crippen molar-refractivity contribution in [1.29, 1.82) is 0 Å². The summed E-state index contributed by atoms with van der Waals surface area (Å²) < 4.78 is 30.9. The van der Waals surface area contributed by atoms with Gasteiger partial charge in [-0.25, -0.2) is 12.7 Å². The minimum atomic E-state index is -3.18. The van der Waals surface area contributed by atoms with Gasteiger partial charge in [0.25, 0.3) is 0 Å². The van der Waals surface area contributed by atoms with Gasteiger partial charge >= 0.3 is 0 Å². The summed E-state index contributed by atoms with van der Waals surface area (Å²) in [6.45, 7) is 4.50. The first-order valence-corrected chi connectivity index (χ1v) is 13.5. The van der Waals surface area contributed by atoms with E-state index in [1.807, 2.05) is 0 Å². The summed E-state index contributed by atoms with van der Waals surface area (Å²) in [6.07, 6.45) is 11.7. The van der Waals surface area contributed by atoms with Crippen LogP contribution in [0.3, 0.4) is 0 Å². The number of hydrogen-bond acceptors (Lipinski definition) is 7. The van der Waals surface area contributed by atoms with E-state index in [2.05, 4.69) is 26.4 Å². The van der Waals surface area contributed by atoms with E-state index in [9.17, 15) is 13.2 Å². The van der Waals surface area contributed by atoms with Gasteiger partial charge in [-0.15, -0.1) is 0 Å². The molecule has 0 radical (unpaired) electrons. The van der Waals surface area contributed by atoms with Gasteiger partial charge in [-0.05, 0) is 63.7 Å². The summed E-state index contributed by atoms with van der Waals surface area (Å²) in [5.74, 6) is 1.14. The lowest BCUT2D eigenvalue weighted by molar-refractivity contribution is -0.122. The van der Waals surface area contributed by atoms with Gasteiger partial charge in [0.1, 0.15) is 0 Å². The van der Waals surface area contributed by atoms with E-state index in [4.69, 9.17) is 4.52 Å². The third kappa shape index (κ3) is 5.58. The highest BCUT2D eigenvalue weighted by atomic mass is 32.2. The van der Waals surface area contributed by atoms with Crippen LogP contribution >= 0.6 is 0 Å². The zero-order chi connectivity index (χ0) is 22.8. The predicted molar refractivity (Wildman–Crippen MR) is 120 cm³/mol. The molecule has 9 nitrogen and oxygen atoms in total. The first-order chi connectivity index (χ1) is 15.2. The number of sulfonamides is 1. The number of rotatable bonds is 7. The molecule has 1 aromatic rings. The lowest BCUT2D eigenvalue weighted by Gasteiger charge is -2.38. The molecule has 0 aromatic carbocycles. The van der Waals surface area contributed by atoms with Crippen molar-refractivity contribution in [1.82, 2.24) is 24.7 Å². The number of piperidine rings is 1. The van der Waals surface area contributed by atoms with Gasteiger partial charge in [0.2, 0.25) is 21.8 Å². The van der Waals surface area contributed by atoms with Crippen LogP contribution in [0.2, 0.25) is 0 Å². The molecule has 1 atom stereocenters. The Hall–Kier alpha value is -1.78. The standard InChI is InChI=1S/C22H35N5O4S/c1-17-24-21(31-25-17)19-14-22(9-12-27(13-10-22)32(2,29)30)16-26(19)15-20(28)23-11-8-18-6-4-3-5-7-18/h6,19H,3-5,7-16H2,1-2H3,(H,23,28). The number of aromatic nitrogens is 2. The Morgan fingerprint density at radius 2 is 2.09 bits per heavy atom. The van der Waals surface area contributed by atoms with Crippen molar-refractivity contribution in [2.24, 2.45) is 5.41 Å². The SMILES string of the molecule is Cc1noc(C2CC3(CCN(S(C)(=O)=O)CC3)CN2CC(=O)NCCC2=CCCCC2)n1. The van der Waals surface area contributed by atoms with E-state index in [0.717, 1.165) is 45.1 Å². The van der Waals surface area contributed by atoms with Crippen molar-refractivity contribution < 1.29 is 17.7 Å². The van der Waals surface area contributed by atoms with Gasteiger partial charge in [-0.2, -0.15) is 4.98 Å². The maximum absolute atomic E-state index is 12.8. The third-order valence-corrected chi connectivity index (χ3v) is 8.49. The van der Waals surface area contributed by atoms with Crippen molar-refractivity contribution in [2.75, 3.05) is 39.0 Å². The fourth-order valence-electron chi connectivity index (χ4n) is 5.39. The summed E-state index contributed by atoms with van der Waals surface area (Å²) in [4.78, 5) is 19.3. The Bertz CT molecular complexity index is 949. The van der Waals surface area contributed by atoms with Crippen molar-refractivity contribution in [3.63, 3.8) is 0 Å². The zero-order valence-electron chi connectivity index (χ0n) is 19.2. The number of aryl methyl sites for hydroxylation is 1. The van der Waals surface area contributed by atoms with Crippen molar-refractivity contribution in [2.45, 2.75) is 64.3 Å². The van der Waals surface area contributed by atoms with E-state index in [1.54, 1.807) is 11.2 Å². The molecule has 10 heteroatoms. The fraction of sp³-hybridized carbons (Fsp3) is 0.773. The fourth-order valence-corrected chi connectivity index (χ4v) is 6.24. The van der Waals surface area contributed by atoms with E-state index in [0.29, 0.717) is 31.3 Å². The molecular weight excluding hydrogens is 430 g/mol. The molecule has 178 valence electrons. The van der Waals surface area contributed by atoms with Gasteiger partial charge in [-0.1, -0.05) is 16.8 Å². The average Bonchev–Trinajstić information content (AvgIpc) is 3.32. The number of carbonyl (C=O) groups is 1. The Balaban J connectivity index is 1.38. The molecule has 32 heavy (non-hydrogen) atoms. The number of carbonyl (C=O) groups excluding carboxylic acids is 1. The average molecular weight is 466 g/mol. The monoisotopic (exact) mass is 465 g/mol. The minimum Gasteiger partial charge on any atom is -0.355 e. The van der Waals surface area contributed by atoms with Crippen LogP contribution in [0.25, 0.3) is 0 Å². The summed E-state index contributed by atoms with van der Waals surface area (Å²) >= 11 is 0. The van der Waals surface area contributed by atoms with Gasteiger partial charge in [0, 0.05) is 26.2 Å². The largest absolute Gasteiger partial charge is 0.355 e. The van der Waals surface area contributed by atoms with Gasteiger partial charge in [0.15, 0.2) is 5.82 Å². The highest BCUT2D eigenvalue weighted by molar-refractivity contribution is 7.88. The van der Waals surface area contributed by atoms with Crippen LogP contribution in [0.15, 0.2) is 16.2 Å². The maximum atomic E-state index is 12.8. The Labute approximate surface area is 190 Å². The molecule has 3 heterocycles. The molecule has 1 aliphatic carbocycles. The van der Waals surface area contributed by atoms with Crippen LogP contribution in [0.5, 0.6) is 0 Å². The molecule has 1 spiro atoms. The minimum absolute atomic E-state index is 0.00766. The summed E-state index contributed by atoms with van der Waals surface area (Å²) in [5.41, 5.74) is 1.41. The van der Waals surface area contributed by atoms with E-state index in [1.165, 1.54) is 24.7 Å². The number of hydrogen-bond donors (Lipinski definition) is 1. The lowest BCUT2D eigenvalue weighted by Crippen LogP contribution is -2.44. The molecule has 0 saturated carbocycles. The Morgan fingerprint density at radius 1 is 1.31 bits per heavy atom. The first kappa shape index (κ1) is 23.4. The summed E-state index contributed by atoms with van der Waals surface area (Å²) in [6, 6.07) is -0.118. The number of nitrogens with zero attached hydrogens (tertiary/aromatic N) is 4. The molecule has 1 N–H and O–H groups in total. The van der Waals surface area contributed by atoms with E-state index in [-0.39, 0.29) is 23.9 Å². The zero-order valence-corrected chi connectivity index (χ0v) is 20.0. The maximum Gasteiger partial charge on any atom is 0.244 e. The van der Waals surface area contributed by atoms with Crippen molar-refractivity contribution >= 4 is 15.9 Å². The molecular formula is C22H35N5O4S. The van der Waals surface area contributed by atoms with Crippen LogP contribution in [0.1, 0.15) is 69.1 Å². The van der Waals surface area contributed by atoms with Crippen LogP contribution in [0.4, 0.5) is 0 Å². The number of nitrogens with one attached hydrogen (secondary N) is 1. The second-order valence-electron chi connectivity index (χ2n) is 9.67. The second kappa shape index (κ2) is 9.61. The lowest BCUT2D eigenvalue weighted by atomic mass is 9.77. The molecule has 2 fully saturated rings. The highest BCUT2D eigenvalue weighted by Gasteiger charge is 2.48. The Morgan fingerprint density at radius 3 is 2.72 bits per heavy atom. The van der Waals surface area contributed by atoms with Crippen molar-refractivity contribution in [3.05, 3.63) is 23.4 Å². The Kier molecular flexibility index (Phi) is 7.02. The summed E-state index contributed by atoms with van der Waals surface area (Å²) in [7, 11) is -3.18. The molecule has 1 aromatic heterocycles. The van der Waals surface area contributed by atoms with Crippen LogP contribution in [-0.2, 0) is 14.8 Å². The number of allylic oxidation sites excluding steroid dienone is 1.